The molecule has 2 aromatic carbocycles. The van der Waals surface area contributed by atoms with Gasteiger partial charge in [-0.1, -0.05) is 23.7 Å². The van der Waals surface area contributed by atoms with E-state index in [0.29, 0.717) is 5.02 Å². The Balaban J connectivity index is 1.44. The van der Waals surface area contributed by atoms with E-state index < -0.39 is 4.92 Å². The predicted molar refractivity (Wildman–Crippen MR) is 110 cm³/mol. The van der Waals surface area contributed by atoms with Crippen molar-refractivity contribution in [3.8, 4) is 0 Å². The minimum Gasteiger partial charge on any atom is -0.368 e. The van der Waals surface area contributed by atoms with Crippen LogP contribution >= 0.6 is 22.9 Å². The van der Waals surface area contributed by atoms with Crippen LogP contribution in [-0.2, 0) is 0 Å². The SMILES string of the molecule is CC(c1nc2ccccc2s1)N1CCN(c2ccc([N+](=O)[O-])cc2Cl)CC1. The third kappa shape index (κ3) is 3.63. The summed E-state index contributed by atoms with van der Waals surface area (Å²) in [5.74, 6) is 0. The quantitative estimate of drug-likeness (QED) is 0.466. The van der Waals surface area contributed by atoms with Crippen LogP contribution in [0, 0.1) is 10.1 Å². The number of nitro groups is 1. The largest absolute Gasteiger partial charge is 0.368 e. The number of fused-ring (bicyclic) bond motifs is 1. The number of thiazole rings is 1. The van der Waals surface area contributed by atoms with Gasteiger partial charge >= 0.3 is 0 Å². The van der Waals surface area contributed by atoms with E-state index in [9.17, 15) is 10.1 Å². The van der Waals surface area contributed by atoms with Crippen LogP contribution in [0.15, 0.2) is 42.5 Å². The second-order valence-electron chi connectivity index (χ2n) is 6.61. The van der Waals surface area contributed by atoms with Crippen molar-refractivity contribution in [2.75, 3.05) is 31.1 Å². The average Bonchev–Trinajstić information content (AvgIpc) is 3.11. The van der Waals surface area contributed by atoms with E-state index in [4.69, 9.17) is 16.6 Å². The Morgan fingerprint density at radius 3 is 2.59 bits per heavy atom. The first-order chi connectivity index (χ1) is 13.0. The van der Waals surface area contributed by atoms with Gasteiger partial charge in [0.2, 0.25) is 0 Å². The van der Waals surface area contributed by atoms with Gasteiger partial charge in [-0.05, 0) is 25.1 Å². The Hall–Kier alpha value is -2.22. The normalized spacial score (nSPS) is 16.6. The number of halogens is 1. The Morgan fingerprint density at radius 2 is 1.93 bits per heavy atom. The maximum Gasteiger partial charge on any atom is 0.271 e. The molecule has 27 heavy (non-hydrogen) atoms. The van der Waals surface area contributed by atoms with E-state index in [1.54, 1.807) is 17.4 Å². The monoisotopic (exact) mass is 402 g/mol. The lowest BCUT2D eigenvalue weighted by Crippen LogP contribution is -2.47. The van der Waals surface area contributed by atoms with Crippen LogP contribution in [0.3, 0.4) is 0 Å². The lowest BCUT2D eigenvalue weighted by Gasteiger charge is -2.38. The Morgan fingerprint density at radius 1 is 1.19 bits per heavy atom. The molecule has 0 saturated carbocycles. The molecule has 1 saturated heterocycles. The third-order valence-corrected chi connectivity index (χ3v) is 6.52. The highest BCUT2D eigenvalue weighted by Crippen LogP contribution is 2.33. The average molecular weight is 403 g/mol. The number of nitro benzene ring substituents is 1. The summed E-state index contributed by atoms with van der Waals surface area (Å²) in [5.41, 5.74) is 1.93. The first-order valence-corrected chi connectivity index (χ1v) is 10.0. The van der Waals surface area contributed by atoms with Crippen molar-refractivity contribution in [2.24, 2.45) is 0 Å². The Bertz CT molecular complexity index is 952. The number of benzene rings is 2. The van der Waals surface area contributed by atoms with Crippen molar-refractivity contribution < 1.29 is 4.92 Å². The lowest BCUT2D eigenvalue weighted by molar-refractivity contribution is -0.384. The Kier molecular flexibility index (Phi) is 4.99. The second-order valence-corrected chi connectivity index (χ2v) is 8.08. The van der Waals surface area contributed by atoms with Gasteiger partial charge in [-0.2, -0.15) is 0 Å². The van der Waals surface area contributed by atoms with Crippen molar-refractivity contribution in [3.05, 3.63) is 62.6 Å². The van der Waals surface area contributed by atoms with E-state index >= 15 is 0 Å². The summed E-state index contributed by atoms with van der Waals surface area (Å²) in [6.45, 7) is 5.64. The van der Waals surface area contributed by atoms with Crippen LogP contribution in [0.1, 0.15) is 18.0 Å². The molecular formula is C19H19ClN4O2S. The van der Waals surface area contributed by atoms with E-state index in [-0.39, 0.29) is 11.7 Å². The van der Waals surface area contributed by atoms with E-state index in [1.807, 2.05) is 12.1 Å². The van der Waals surface area contributed by atoms with Gasteiger partial charge in [0.25, 0.3) is 5.69 Å². The number of nitrogens with zero attached hydrogens (tertiary/aromatic N) is 4. The summed E-state index contributed by atoms with van der Waals surface area (Å²) >= 11 is 8.03. The molecule has 0 bridgehead atoms. The molecule has 6 nitrogen and oxygen atoms in total. The van der Waals surface area contributed by atoms with Crippen molar-refractivity contribution >= 4 is 44.5 Å². The molecule has 1 atom stereocenters. The summed E-state index contributed by atoms with van der Waals surface area (Å²) in [5, 5.41) is 12.4. The molecule has 3 aromatic rings. The van der Waals surface area contributed by atoms with Crippen molar-refractivity contribution in [1.29, 1.82) is 0 Å². The van der Waals surface area contributed by atoms with E-state index in [1.165, 1.54) is 16.8 Å². The van der Waals surface area contributed by atoms with Gasteiger partial charge in [0, 0.05) is 38.3 Å². The molecule has 8 heteroatoms. The van der Waals surface area contributed by atoms with Crippen LogP contribution in [0.25, 0.3) is 10.2 Å². The van der Waals surface area contributed by atoms with E-state index in [2.05, 4.69) is 28.9 Å². The predicted octanol–water partition coefficient (Wildman–Crippen LogP) is 4.74. The van der Waals surface area contributed by atoms with Crippen molar-refractivity contribution in [1.82, 2.24) is 9.88 Å². The number of aromatic nitrogens is 1. The minimum absolute atomic E-state index is 0.0202. The summed E-state index contributed by atoms with van der Waals surface area (Å²) in [6.07, 6.45) is 0. The number of non-ortho nitro benzene ring substituents is 1. The number of hydrogen-bond acceptors (Lipinski definition) is 6. The van der Waals surface area contributed by atoms with Crippen molar-refractivity contribution in [2.45, 2.75) is 13.0 Å². The van der Waals surface area contributed by atoms with Crippen LogP contribution in [0.2, 0.25) is 5.02 Å². The standard InChI is InChI=1S/C19H19ClN4O2S/c1-13(19-21-16-4-2-3-5-18(16)27-19)22-8-10-23(11-9-22)17-7-6-14(24(25)26)12-15(17)20/h2-7,12-13H,8-11H2,1H3. The topological polar surface area (TPSA) is 62.5 Å². The highest BCUT2D eigenvalue weighted by molar-refractivity contribution is 7.18. The molecule has 1 fully saturated rings. The fourth-order valence-electron chi connectivity index (χ4n) is 3.44. The molecule has 0 amide bonds. The number of para-hydroxylation sites is 1. The molecule has 0 N–H and O–H groups in total. The number of piperazine rings is 1. The Labute approximate surface area is 166 Å². The van der Waals surface area contributed by atoms with Gasteiger partial charge in [0.1, 0.15) is 5.01 Å². The van der Waals surface area contributed by atoms with Gasteiger partial charge in [-0.3, -0.25) is 15.0 Å². The molecule has 1 aliphatic heterocycles. The smallest absolute Gasteiger partial charge is 0.271 e. The first-order valence-electron chi connectivity index (χ1n) is 8.81. The fourth-order valence-corrected chi connectivity index (χ4v) is 4.79. The zero-order valence-corrected chi connectivity index (χ0v) is 16.4. The number of hydrogen-bond donors (Lipinski definition) is 0. The van der Waals surface area contributed by atoms with Gasteiger partial charge in [0.05, 0.1) is 31.9 Å². The maximum atomic E-state index is 10.9. The van der Waals surface area contributed by atoms with Gasteiger partial charge in [-0.15, -0.1) is 11.3 Å². The summed E-state index contributed by atoms with van der Waals surface area (Å²) in [6, 6.07) is 13.2. The summed E-state index contributed by atoms with van der Waals surface area (Å²) < 4.78 is 1.22. The molecular weight excluding hydrogens is 384 g/mol. The molecule has 0 spiro atoms. The molecule has 1 aromatic heterocycles. The molecule has 0 radical (unpaired) electrons. The number of rotatable bonds is 4. The fraction of sp³-hybridized carbons (Fsp3) is 0.316. The van der Waals surface area contributed by atoms with Crippen LogP contribution < -0.4 is 4.90 Å². The highest BCUT2D eigenvalue weighted by atomic mass is 35.5. The first kappa shape index (κ1) is 18.2. The second kappa shape index (κ2) is 7.42. The van der Waals surface area contributed by atoms with E-state index in [0.717, 1.165) is 42.4 Å². The zero-order valence-electron chi connectivity index (χ0n) is 14.8. The van der Waals surface area contributed by atoms with Gasteiger partial charge in [0.15, 0.2) is 0 Å². The molecule has 140 valence electrons. The molecule has 1 unspecified atom stereocenters. The highest BCUT2D eigenvalue weighted by Gasteiger charge is 2.25. The summed E-state index contributed by atoms with van der Waals surface area (Å²) in [4.78, 5) is 19.9. The van der Waals surface area contributed by atoms with Crippen LogP contribution in [-0.4, -0.2) is 41.0 Å². The molecule has 0 aliphatic carbocycles. The van der Waals surface area contributed by atoms with Crippen LogP contribution in [0.4, 0.5) is 11.4 Å². The molecule has 4 rings (SSSR count). The maximum absolute atomic E-state index is 10.9. The van der Waals surface area contributed by atoms with Gasteiger partial charge < -0.3 is 4.90 Å². The third-order valence-electron chi connectivity index (χ3n) is 5.01. The number of anilines is 1. The van der Waals surface area contributed by atoms with Crippen molar-refractivity contribution in [3.63, 3.8) is 0 Å². The lowest BCUT2D eigenvalue weighted by atomic mass is 10.2. The van der Waals surface area contributed by atoms with Gasteiger partial charge in [-0.25, -0.2) is 4.98 Å². The zero-order chi connectivity index (χ0) is 19.0. The molecule has 2 heterocycles. The molecule has 1 aliphatic rings. The summed E-state index contributed by atoms with van der Waals surface area (Å²) in [7, 11) is 0. The minimum atomic E-state index is -0.423. The van der Waals surface area contributed by atoms with Crippen LogP contribution in [0.5, 0.6) is 0 Å².